The van der Waals surface area contributed by atoms with Gasteiger partial charge in [0.2, 0.25) is 0 Å². The van der Waals surface area contributed by atoms with Gasteiger partial charge in [-0.25, -0.2) is 9.59 Å². The zero-order chi connectivity index (χ0) is 20.7. The van der Waals surface area contributed by atoms with Gasteiger partial charge in [0.05, 0.1) is 12.0 Å². The highest BCUT2D eigenvalue weighted by atomic mass is 16.6. The number of hydrogen-bond donors (Lipinski definition) is 2. The summed E-state index contributed by atoms with van der Waals surface area (Å²) in [4.78, 5) is 46.1. The highest BCUT2D eigenvalue weighted by Gasteiger charge is 2.24. The van der Waals surface area contributed by atoms with Gasteiger partial charge >= 0.3 is 12.0 Å². The fourth-order valence-electron chi connectivity index (χ4n) is 3.08. The number of ether oxygens (including phenoxy) is 2. The lowest BCUT2D eigenvalue weighted by Crippen LogP contribution is -2.48. The summed E-state index contributed by atoms with van der Waals surface area (Å²) in [6.07, 6.45) is 4.01. The SMILES string of the molecule is COc1ccc([N+](=O)[O-])cc1C(=O)OCC(=O)NC(=O)N[C@@H]1CCCC[C@H]1C. The minimum atomic E-state index is -0.975. The summed E-state index contributed by atoms with van der Waals surface area (Å²) in [5, 5.41) is 15.7. The lowest BCUT2D eigenvalue weighted by Gasteiger charge is -2.29. The van der Waals surface area contributed by atoms with Gasteiger partial charge in [0, 0.05) is 18.2 Å². The number of amides is 3. The van der Waals surface area contributed by atoms with Crippen molar-refractivity contribution >= 4 is 23.6 Å². The number of benzene rings is 1. The topological polar surface area (TPSA) is 137 Å². The van der Waals surface area contributed by atoms with Crippen LogP contribution in [-0.2, 0) is 9.53 Å². The molecule has 2 rings (SSSR count). The third-order valence-corrected chi connectivity index (χ3v) is 4.63. The van der Waals surface area contributed by atoms with Gasteiger partial charge in [-0.05, 0) is 24.8 Å². The molecular formula is C18H23N3O7. The molecule has 1 aliphatic carbocycles. The molecule has 0 saturated heterocycles. The molecule has 2 N–H and O–H groups in total. The van der Waals surface area contributed by atoms with Crippen molar-refractivity contribution < 1.29 is 28.8 Å². The van der Waals surface area contributed by atoms with Crippen LogP contribution < -0.4 is 15.4 Å². The first-order valence-electron chi connectivity index (χ1n) is 8.91. The molecule has 1 saturated carbocycles. The van der Waals surface area contributed by atoms with Crippen LogP contribution in [0.5, 0.6) is 5.75 Å². The van der Waals surface area contributed by atoms with Gasteiger partial charge in [0.15, 0.2) is 6.61 Å². The lowest BCUT2D eigenvalue weighted by molar-refractivity contribution is -0.384. The smallest absolute Gasteiger partial charge is 0.342 e. The van der Waals surface area contributed by atoms with Gasteiger partial charge in [-0.3, -0.25) is 20.2 Å². The fourth-order valence-corrected chi connectivity index (χ4v) is 3.08. The number of carbonyl (C=O) groups is 3. The molecule has 1 aromatic rings. The van der Waals surface area contributed by atoms with Crippen molar-refractivity contribution in [1.82, 2.24) is 10.6 Å². The summed E-state index contributed by atoms with van der Waals surface area (Å²) in [5.41, 5.74) is -0.511. The predicted octanol–water partition coefficient (Wildman–Crippen LogP) is 2.16. The maximum absolute atomic E-state index is 12.1. The van der Waals surface area contributed by atoms with Crippen molar-refractivity contribution in [3.63, 3.8) is 0 Å². The van der Waals surface area contributed by atoms with Crippen molar-refractivity contribution in [2.24, 2.45) is 5.92 Å². The minimum absolute atomic E-state index is 0.00164. The van der Waals surface area contributed by atoms with Gasteiger partial charge < -0.3 is 14.8 Å². The standard InChI is InChI=1S/C18H23N3O7/c1-11-5-3-4-6-14(11)19-18(24)20-16(22)10-28-17(23)13-9-12(21(25)26)7-8-15(13)27-2/h7-9,11,14H,3-6,10H2,1-2H3,(H2,19,20,22,24)/t11-,14-/m1/s1. The first-order chi connectivity index (χ1) is 13.3. The molecule has 0 unspecified atom stereocenters. The van der Waals surface area contributed by atoms with Crippen molar-refractivity contribution in [1.29, 1.82) is 0 Å². The van der Waals surface area contributed by atoms with E-state index in [0.29, 0.717) is 5.92 Å². The van der Waals surface area contributed by atoms with Crippen LogP contribution in [0.25, 0.3) is 0 Å². The number of nitro groups is 1. The Labute approximate surface area is 161 Å². The summed E-state index contributed by atoms with van der Waals surface area (Å²) in [5.74, 6) is -1.38. The molecule has 0 aliphatic heterocycles. The summed E-state index contributed by atoms with van der Waals surface area (Å²) in [6.45, 7) is 1.33. The monoisotopic (exact) mass is 393 g/mol. The maximum Gasteiger partial charge on any atom is 0.342 e. The second-order valence-corrected chi connectivity index (χ2v) is 6.61. The Morgan fingerprint density at radius 3 is 2.61 bits per heavy atom. The third kappa shape index (κ3) is 5.66. The Morgan fingerprint density at radius 2 is 1.96 bits per heavy atom. The molecular weight excluding hydrogens is 370 g/mol. The number of rotatable bonds is 6. The summed E-state index contributed by atoms with van der Waals surface area (Å²) in [6, 6.07) is 2.79. The molecule has 0 spiro atoms. The second-order valence-electron chi connectivity index (χ2n) is 6.61. The van der Waals surface area contributed by atoms with E-state index < -0.39 is 29.4 Å². The quantitative estimate of drug-likeness (QED) is 0.429. The van der Waals surface area contributed by atoms with Crippen LogP contribution >= 0.6 is 0 Å². The van der Waals surface area contributed by atoms with Crippen LogP contribution in [0.15, 0.2) is 18.2 Å². The maximum atomic E-state index is 12.1. The van der Waals surface area contributed by atoms with Crippen molar-refractivity contribution in [2.75, 3.05) is 13.7 Å². The number of nitro benzene ring substituents is 1. The van der Waals surface area contributed by atoms with E-state index in [1.54, 1.807) is 0 Å². The van der Waals surface area contributed by atoms with E-state index in [1.807, 2.05) is 6.92 Å². The van der Waals surface area contributed by atoms with E-state index in [9.17, 15) is 24.5 Å². The molecule has 0 aromatic heterocycles. The zero-order valence-electron chi connectivity index (χ0n) is 15.7. The van der Waals surface area contributed by atoms with Crippen LogP contribution in [0, 0.1) is 16.0 Å². The van der Waals surface area contributed by atoms with Gasteiger partial charge in [0.25, 0.3) is 11.6 Å². The number of hydrogen-bond acceptors (Lipinski definition) is 7. The van der Waals surface area contributed by atoms with Crippen molar-refractivity contribution in [2.45, 2.75) is 38.6 Å². The summed E-state index contributed by atoms with van der Waals surface area (Å²) >= 11 is 0. The van der Waals surface area contributed by atoms with E-state index in [0.717, 1.165) is 31.7 Å². The Bertz CT molecular complexity index is 766. The number of methoxy groups -OCH3 is 1. The summed E-state index contributed by atoms with van der Waals surface area (Å²) in [7, 11) is 1.29. The van der Waals surface area contributed by atoms with Gasteiger partial charge in [-0.15, -0.1) is 0 Å². The number of nitrogens with zero attached hydrogens (tertiary/aromatic N) is 1. The molecule has 3 amide bonds. The average Bonchev–Trinajstić information content (AvgIpc) is 2.67. The number of non-ortho nitro benzene ring substituents is 1. The number of esters is 1. The molecule has 2 atom stereocenters. The Balaban J connectivity index is 1.88. The van der Waals surface area contributed by atoms with Gasteiger partial charge in [0.1, 0.15) is 11.3 Å². The van der Waals surface area contributed by atoms with E-state index in [4.69, 9.17) is 9.47 Å². The van der Waals surface area contributed by atoms with Crippen LogP contribution in [0.3, 0.4) is 0 Å². The first kappa shape index (κ1) is 21.1. The van der Waals surface area contributed by atoms with Gasteiger partial charge in [-0.2, -0.15) is 0 Å². The highest BCUT2D eigenvalue weighted by Crippen LogP contribution is 2.25. The minimum Gasteiger partial charge on any atom is -0.496 e. The van der Waals surface area contributed by atoms with E-state index in [1.165, 1.54) is 19.2 Å². The fraction of sp³-hybridized carbons (Fsp3) is 0.500. The summed E-state index contributed by atoms with van der Waals surface area (Å²) < 4.78 is 9.82. The molecule has 10 nitrogen and oxygen atoms in total. The van der Waals surface area contributed by atoms with Crippen LogP contribution in [0.4, 0.5) is 10.5 Å². The Kier molecular flexibility index (Phi) is 7.30. The van der Waals surface area contributed by atoms with E-state index in [-0.39, 0.29) is 23.0 Å². The van der Waals surface area contributed by atoms with Gasteiger partial charge in [-0.1, -0.05) is 19.8 Å². The number of carbonyl (C=O) groups excluding carboxylic acids is 3. The predicted molar refractivity (Wildman–Crippen MR) is 98.0 cm³/mol. The number of urea groups is 1. The average molecular weight is 393 g/mol. The largest absolute Gasteiger partial charge is 0.496 e. The molecule has 28 heavy (non-hydrogen) atoms. The Hall–Kier alpha value is -3.17. The van der Waals surface area contributed by atoms with Crippen molar-refractivity contribution in [3.8, 4) is 5.75 Å². The third-order valence-electron chi connectivity index (χ3n) is 4.63. The number of imide groups is 1. The van der Waals surface area contributed by atoms with Crippen LogP contribution in [0.1, 0.15) is 43.0 Å². The second kappa shape index (κ2) is 9.67. The number of nitrogens with one attached hydrogen (secondary N) is 2. The molecule has 10 heteroatoms. The van der Waals surface area contributed by atoms with E-state index >= 15 is 0 Å². The highest BCUT2D eigenvalue weighted by molar-refractivity contribution is 5.98. The first-order valence-corrected chi connectivity index (χ1v) is 8.91. The van der Waals surface area contributed by atoms with E-state index in [2.05, 4.69) is 10.6 Å². The van der Waals surface area contributed by atoms with Crippen molar-refractivity contribution in [3.05, 3.63) is 33.9 Å². The zero-order valence-corrected chi connectivity index (χ0v) is 15.7. The molecule has 1 aliphatic rings. The molecule has 0 radical (unpaired) electrons. The Morgan fingerprint density at radius 1 is 1.25 bits per heavy atom. The molecule has 1 fully saturated rings. The molecule has 0 bridgehead atoms. The van der Waals surface area contributed by atoms with Crippen LogP contribution in [0.2, 0.25) is 0 Å². The van der Waals surface area contributed by atoms with Crippen LogP contribution in [-0.4, -0.2) is 42.6 Å². The molecule has 152 valence electrons. The molecule has 0 heterocycles. The lowest BCUT2D eigenvalue weighted by atomic mass is 9.86. The molecule has 1 aromatic carbocycles. The normalized spacial score (nSPS) is 18.6.